The van der Waals surface area contributed by atoms with E-state index in [0.29, 0.717) is 22.1 Å². The quantitative estimate of drug-likeness (QED) is 0.344. The Labute approximate surface area is 170 Å². The number of nitro benzene ring substituents is 1. The van der Waals surface area contributed by atoms with Gasteiger partial charge in [0.25, 0.3) is 11.6 Å². The molecule has 1 saturated heterocycles. The fourth-order valence-corrected chi connectivity index (χ4v) is 3.18. The van der Waals surface area contributed by atoms with Crippen molar-refractivity contribution in [2.45, 2.75) is 12.5 Å². The van der Waals surface area contributed by atoms with E-state index < -0.39 is 22.4 Å². The van der Waals surface area contributed by atoms with E-state index in [2.05, 4.69) is 10.4 Å². The van der Waals surface area contributed by atoms with Crippen LogP contribution in [-0.2, 0) is 10.3 Å². The van der Waals surface area contributed by atoms with Crippen LogP contribution < -0.4 is 19.5 Å². The molecule has 2 aliphatic heterocycles. The van der Waals surface area contributed by atoms with E-state index in [-0.39, 0.29) is 23.8 Å². The highest BCUT2D eigenvalue weighted by atomic mass is 16.7. The Morgan fingerprint density at radius 1 is 1.23 bits per heavy atom. The van der Waals surface area contributed by atoms with Crippen LogP contribution in [0, 0.1) is 10.1 Å². The van der Waals surface area contributed by atoms with E-state index in [1.807, 2.05) is 0 Å². The Morgan fingerprint density at radius 3 is 2.53 bits per heavy atom. The van der Waals surface area contributed by atoms with Crippen LogP contribution in [0.1, 0.15) is 18.1 Å². The van der Waals surface area contributed by atoms with Crippen LogP contribution in [0.3, 0.4) is 0 Å². The number of benzene rings is 2. The Hall–Kier alpha value is -4.15. The SMILES string of the molecule is COc1ccc(C2(C)NC(=O)N(/N=C/c3cc4c(cc3[N+](=O)[O-])OCO4)C2=O)cc1. The van der Waals surface area contributed by atoms with Gasteiger partial charge in [-0.3, -0.25) is 14.9 Å². The summed E-state index contributed by atoms with van der Waals surface area (Å²) in [7, 11) is 1.52. The molecule has 0 aliphatic carbocycles. The maximum atomic E-state index is 12.9. The van der Waals surface area contributed by atoms with E-state index >= 15 is 0 Å². The first-order valence-corrected chi connectivity index (χ1v) is 8.77. The van der Waals surface area contributed by atoms with Crippen molar-refractivity contribution >= 4 is 23.8 Å². The molecule has 1 fully saturated rings. The zero-order chi connectivity index (χ0) is 21.5. The van der Waals surface area contributed by atoms with E-state index in [4.69, 9.17) is 14.2 Å². The van der Waals surface area contributed by atoms with Crippen LogP contribution in [0.25, 0.3) is 0 Å². The molecule has 11 nitrogen and oxygen atoms in total. The third-order valence-electron chi connectivity index (χ3n) is 4.87. The molecule has 2 aromatic carbocycles. The summed E-state index contributed by atoms with van der Waals surface area (Å²) in [4.78, 5) is 36.1. The zero-order valence-corrected chi connectivity index (χ0v) is 15.9. The molecule has 0 aromatic heterocycles. The third kappa shape index (κ3) is 3.05. The van der Waals surface area contributed by atoms with Crippen molar-refractivity contribution in [1.29, 1.82) is 0 Å². The second kappa shape index (κ2) is 7.03. The summed E-state index contributed by atoms with van der Waals surface area (Å²) in [6.07, 6.45) is 1.07. The number of hydrogen-bond acceptors (Lipinski definition) is 8. The maximum Gasteiger partial charge on any atom is 0.346 e. The van der Waals surface area contributed by atoms with E-state index in [1.165, 1.54) is 19.2 Å². The number of methoxy groups -OCH3 is 1. The molecule has 0 bridgehead atoms. The van der Waals surface area contributed by atoms with Gasteiger partial charge in [0.15, 0.2) is 11.5 Å². The number of nitrogens with zero attached hydrogens (tertiary/aromatic N) is 3. The minimum Gasteiger partial charge on any atom is -0.497 e. The number of urea groups is 1. The smallest absolute Gasteiger partial charge is 0.346 e. The highest BCUT2D eigenvalue weighted by molar-refractivity contribution is 6.07. The molecule has 1 atom stereocenters. The van der Waals surface area contributed by atoms with Crippen LogP contribution in [0.2, 0.25) is 0 Å². The lowest BCUT2D eigenvalue weighted by Gasteiger charge is -2.21. The molecule has 2 aromatic rings. The number of nitrogens with one attached hydrogen (secondary N) is 1. The summed E-state index contributed by atoms with van der Waals surface area (Å²) < 4.78 is 15.5. The van der Waals surface area contributed by atoms with E-state index in [0.717, 1.165) is 6.21 Å². The topological polar surface area (TPSA) is 133 Å². The molecule has 0 spiro atoms. The standard InChI is InChI=1S/C19H16N4O7/c1-19(12-3-5-13(28-2)6-4-12)17(24)22(18(25)21-19)20-9-11-7-15-16(30-10-29-15)8-14(11)23(26)27/h3-9H,10H2,1-2H3,(H,21,25)/b20-9+. The highest BCUT2D eigenvalue weighted by Gasteiger charge is 2.49. The number of imide groups is 1. The number of carbonyl (C=O) groups is 2. The largest absolute Gasteiger partial charge is 0.497 e. The highest BCUT2D eigenvalue weighted by Crippen LogP contribution is 2.37. The van der Waals surface area contributed by atoms with Gasteiger partial charge in [0.1, 0.15) is 11.3 Å². The average molecular weight is 412 g/mol. The molecule has 0 radical (unpaired) electrons. The Morgan fingerprint density at radius 2 is 1.90 bits per heavy atom. The van der Waals surface area contributed by atoms with Gasteiger partial charge in [0.05, 0.1) is 29.9 Å². The Kier molecular flexibility index (Phi) is 4.49. The maximum absolute atomic E-state index is 12.9. The fraction of sp³-hybridized carbons (Fsp3) is 0.211. The number of hydrogen-bond donors (Lipinski definition) is 1. The van der Waals surface area contributed by atoms with Crippen molar-refractivity contribution in [3.63, 3.8) is 0 Å². The van der Waals surface area contributed by atoms with Gasteiger partial charge in [-0.15, -0.1) is 5.01 Å². The van der Waals surface area contributed by atoms with Crippen molar-refractivity contribution in [2.75, 3.05) is 13.9 Å². The number of ether oxygens (including phenoxy) is 3. The van der Waals surface area contributed by atoms with Crippen molar-refractivity contribution < 1.29 is 28.7 Å². The third-order valence-corrected chi connectivity index (χ3v) is 4.87. The van der Waals surface area contributed by atoms with Gasteiger partial charge >= 0.3 is 6.03 Å². The van der Waals surface area contributed by atoms with Gasteiger partial charge in [-0.05, 0) is 30.7 Å². The number of rotatable bonds is 5. The lowest BCUT2D eigenvalue weighted by atomic mass is 9.92. The van der Waals surface area contributed by atoms with Gasteiger partial charge in [-0.2, -0.15) is 5.10 Å². The van der Waals surface area contributed by atoms with Crippen LogP contribution >= 0.6 is 0 Å². The summed E-state index contributed by atoms with van der Waals surface area (Å²) in [5, 5.41) is 18.5. The van der Waals surface area contributed by atoms with Gasteiger partial charge in [0.2, 0.25) is 6.79 Å². The van der Waals surface area contributed by atoms with E-state index in [9.17, 15) is 19.7 Å². The van der Waals surface area contributed by atoms with Crippen LogP contribution in [0.15, 0.2) is 41.5 Å². The number of carbonyl (C=O) groups excluding carboxylic acids is 2. The van der Waals surface area contributed by atoms with Gasteiger partial charge in [0, 0.05) is 0 Å². The molecule has 30 heavy (non-hydrogen) atoms. The van der Waals surface area contributed by atoms with Gasteiger partial charge in [-0.1, -0.05) is 12.1 Å². The number of nitro groups is 1. The lowest BCUT2D eigenvalue weighted by molar-refractivity contribution is -0.385. The first-order chi connectivity index (χ1) is 14.3. The predicted octanol–water partition coefficient (Wildman–Crippen LogP) is 2.13. The monoisotopic (exact) mass is 412 g/mol. The second-order valence-corrected chi connectivity index (χ2v) is 6.67. The van der Waals surface area contributed by atoms with Crippen molar-refractivity contribution in [3.8, 4) is 17.2 Å². The summed E-state index contributed by atoms with van der Waals surface area (Å²) in [5.41, 5.74) is -1.05. The molecule has 2 aliphatic rings. The minimum atomic E-state index is -1.35. The molecule has 0 saturated carbocycles. The Balaban J connectivity index is 1.64. The second-order valence-electron chi connectivity index (χ2n) is 6.67. The molecule has 154 valence electrons. The summed E-state index contributed by atoms with van der Waals surface area (Å²) in [6.45, 7) is 1.49. The molecule has 11 heteroatoms. The average Bonchev–Trinajstić information content (AvgIpc) is 3.28. The van der Waals surface area contributed by atoms with Crippen molar-refractivity contribution in [3.05, 3.63) is 57.6 Å². The van der Waals surface area contributed by atoms with Crippen LogP contribution in [0.5, 0.6) is 17.2 Å². The van der Waals surface area contributed by atoms with Gasteiger partial charge < -0.3 is 19.5 Å². The predicted molar refractivity (Wildman–Crippen MR) is 103 cm³/mol. The molecular weight excluding hydrogens is 396 g/mol. The minimum absolute atomic E-state index is 0.0552. The van der Waals surface area contributed by atoms with Crippen molar-refractivity contribution in [1.82, 2.24) is 10.3 Å². The Bertz CT molecular complexity index is 1080. The van der Waals surface area contributed by atoms with Crippen LogP contribution in [0.4, 0.5) is 10.5 Å². The molecule has 2 heterocycles. The first-order valence-electron chi connectivity index (χ1n) is 8.77. The molecule has 4 rings (SSSR count). The number of amides is 3. The van der Waals surface area contributed by atoms with Crippen molar-refractivity contribution in [2.24, 2.45) is 5.10 Å². The summed E-state index contributed by atoms with van der Waals surface area (Å²) in [6, 6.07) is 8.48. The summed E-state index contributed by atoms with van der Waals surface area (Å²) in [5.74, 6) is 0.518. The number of hydrazone groups is 1. The zero-order valence-electron chi connectivity index (χ0n) is 15.9. The molecule has 1 unspecified atom stereocenters. The molecular formula is C19H16N4O7. The summed E-state index contributed by atoms with van der Waals surface area (Å²) >= 11 is 0. The molecule has 1 N–H and O–H groups in total. The van der Waals surface area contributed by atoms with Crippen LogP contribution in [-0.4, -0.2) is 42.0 Å². The fourth-order valence-electron chi connectivity index (χ4n) is 3.18. The lowest BCUT2D eigenvalue weighted by Crippen LogP contribution is -2.40. The van der Waals surface area contributed by atoms with Gasteiger partial charge in [-0.25, -0.2) is 4.79 Å². The normalized spacial score (nSPS) is 20.0. The number of fused-ring (bicyclic) bond motifs is 1. The van der Waals surface area contributed by atoms with E-state index in [1.54, 1.807) is 31.2 Å². The molecule has 3 amide bonds. The first kappa shape index (κ1) is 19.2.